The number of carboxylic acid groups (broad SMARTS) is 1. The fourth-order valence-electron chi connectivity index (χ4n) is 3.43. The quantitative estimate of drug-likeness (QED) is 0.573. The minimum Gasteiger partial charge on any atom is -0.504 e. The van der Waals surface area contributed by atoms with Gasteiger partial charge in [-0.05, 0) is 42.0 Å². The number of benzene rings is 3. The molecule has 0 aliphatic heterocycles. The smallest absolute Gasteiger partial charge is 0.336 e. The van der Waals surface area contributed by atoms with Gasteiger partial charge in [-0.15, -0.1) is 0 Å². The van der Waals surface area contributed by atoms with Gasteiger partial charge in [0.2, 0.25) is 0 Å². The normalized spacial score (nSPS) is 12.7. The number of aromatic hydroxyl groups is 1. The number of carbonyl (C=O) groups is 1. The van der Waals surface area contributed by atoms with Crippen molar-refractivity contribution in [2.75, 3.05) is 14.2 Å². The first-order valence-corrected chi connectivity index (χ1v) is 9.30. The maximum atomic E-state index is 12.0. The lowest BCUT2D eigenvalue weighted by Crippen LogP contribution is -2.08. The molecule has 0 heterocycles. The van der Waals surface area contributed by atoms with Crippen molar-refractivity contribution in [1.29, 1.82) is 0 Å². The van der Waals surface area contributed by atoms with E-state index in [9.17, 15) is 15.0 Å². The molecule has 1 atom stereocenters. The standard InChI is InChI=1S/C24H24O5/c1-15(28-2)12-20(24(26)27)19-14-21(29-3)23(25)22-17(10-7-11-18(19)22)13-16-8-5-4-6-9-16/h4-12,14-15,25H,13H2,1-3H3,(H,26,27). The van der Waals surface area contributed by atoms with E-state index < -0.39 is 5.97 Å². The molecule has 150 valence electrons. The zero-order chi connectivity index (χ0) is 21.0. The van der Waals surface area contributed by atoms with Gasteiger partial charge in [-0.3, -0.25) is 0 Å². The monoisotopic (exact) mass is 392 g/mol. The third kappa shape index (κ3) is 4.25. The molecule has 1 unspecified atom stereocenters. The molecule has 3 rings (SSSR count). The highest BCUT2D eigenvalue weighted by Gasteiger charge is 2.21. The van der Waals surface area contributed by atoms with Crippen molar-refractivity contribution in [3.8, 4) is 11.5 Å². The molecule has 0 saturated heterocycles. The zero-order valence-corrected chi connectivity index (χ0v) is 16.7. The average Bonchev–Trinajstić information content (AvgIpc) is 2.73. The molecule has 0 radical (unpaired) electrons. The van der Waals surface area contributed by atoms with E-state index >= 15 is 0 Å². The van der Waals surface area contributed by atoms with Crippen LogP contribution in [0, 0.1) is 0 Å². The van der Waals surface area contributed by atoms with E-state index in [1.54, 1.807) is 19.1 Å². The molecule has 29 heavy (non-hydrogen) atoms. The summed E-state index contributed by atoms with van der Waals surface area (Å²) in [6.45, 7) is 1.77. The SMILES string of the molecule is COc1cc(C(=CC(C)OC)C(=O)O)c2cccc(Cc3ccccc3)c2c1O. The van der Waals surface area contributed by atoms with Crippen LogP contribution in [0.15, 0.2) is 60.7 Å². The van der Waals surface area contributed by atoms with Gasteiger partial charge in [-0.2, -0.15) is 0 Å². The van der Waals surface area contributed by atoms with Gasteiger partial charge in [0.1, 0.15) is 0 Å². The van der Waals surface area contributed by atoms with Gasteiger partial charge in [0.05, 0.1) is 18.8 Å². The molecular weight excluding hydrogens is 368 g/mol. The lowest BCUT2D eigenvalue weighted by atomic mass is 9.91. The Bertz CT molecular complexity index is 1050. The van der Waals surface area contributed by atoms with E-state index in [4.69, 9.17) is 9.47 Å². The summed E-state index contributed by atoms with van der Waals surface area (Å²) in [5.74, 6) is -0.844. The topological polar surface area (TPSA) is 76.0 Å². The predicted molar refractivity (Wildman–Crippen MR) is 113 cm³/mol. The number of phenols is 1. The molecule has 0 amide bonds. The van der Waals surface area contributed by atoms with E-state index in [0.29, 0.717) is 22.8 Å². The van der Waals surface area contributed by atoms with E-state index in [-0.39, 0.29) is 23.2 Å². The third-order valence-corrected chi connectivity index (χ3v) is 4.94. The maximum absolute atomic E-state index is 12.0. The first kappa shape index (κ1) is 20.4. The van der Waals surface area contributed by atoms with E-state index in [1.165, 1.54) is 14.2 Å². The molecule has 0 aromatic heterocycles. The van der Waals surface area contributed by atoms with Crippen LogP contribution in [0.25, 0.3) is 16.3 Å². The lowest BCUT2D eigenvalue weighted by molar-refractivity contribution is -0.130. The highest BCUT2D eigenvalue weighted by atomic mass is 16.5. The Balaban J connectivity index is 2.29. The Morgan fingerprint density at radius 2 is 1.83 bits per heavy atom. The van der Waals surface area contributed by atoms with Gasteiger partial charge in [0.25, 0.3) is 0 Å². The third-order valence-electron chi connectivity index (χ3n) is 4.94. The molecule has 0 bridgehead atoms. The summed E-state index contributed by atoms with van der Waals surface area (Å²) in [7, 11) is 2.97. The van der Waals surface area contributed by atoms with Crippen LogP contribution in [0.1, 0.15) is 23.6 Å². The van der Waals surface area contributed by atoms with Crippen LogP contribution in [0.4, 0.5) is 0 Å². The predicted octanol–water partition coefficient (Wildman–Crippen LogP) is 4.65. The molecular formula is C24H24O5. The number of phenolic OH excluding ortho intramolecular Hbond substituents is 1. The van der Waals surface area contributed by atoms with Crippen molar-refractivity contribution in [3.05, 3.63) is 77.4 Å². The van der Waals surface area contributed by atoms with Crippen LogP contribution < -0.4 is 4.74 Å². The minimum absolute atomic E-state index is 0.00214. The van der Waals surface area contributed by atoms with Crippen molar-refractivity contribution in [2.24, 2.45) is 0 Å². The first-order chi connectivity index (χ1) is 14.0. The second-order valence-corrected chi connectivity index (χ2v) is 6.80. The summed E-state index contributed by atoms with van der Waals surface area (Å²) in [5, 5.41) is 21.9. The number of aliphatic carboxylic acids is 1. The van der Waals surface area contributed by atoms with Crippen LogP contribution in [0.5, 0.6) is 11.5 Å². The largest absolute Gasteiger partial charge is 0.504 e. The van der Waals surface area contributed by atoms with Crippen LogP contribution in [0.2, 0.25) is 0 Å². The molecule has 0 aliphatic carbocycles. The molecule has 5 nitrogen and oxygen atoms in total. The second-order valence-electron chi connectivity index (χ2n) is 6.80. The fourth-order valence-corrected chi connectivity index (χ4v) is 3.43. The molecule has 0 spiro atoms. The Morgan fingerprint density at radius 1 is 1.10 bits per heavy atom. The minimum atomic E-state index is -1.07. The van der Waals surface area contributed by atoms with Crippen molar-refractivity contribution in [2.45, 2.75) is 19.4 Å². The summed E-state index contributed by atoms with van der Waals surface area (Å²) in [6.07, 6.45) is 1.76. The Labute approximate surface area is 169 Å². The van der Waals surface area contributed by atoms with E-state index in [1.807, 2.05) is 48.5 Å². The average molecular weight is 392 g/mol. The Morgan fingerprint density at radius 3 is 2.45 bits per heavy atom. The molecule has 3 aromatic carbocycles. The van der Waals surface area contributed by atoms with Crippen LogP contribution in [-0.4, -0.2) is 36.5 Å². The van der Waals surface area contributed by atoms with Gasteiger partial charge < -0.3 is 19.7 Å². The molecule has 0 aliphatic rings. The molecule has 0 fully saturated rings. The van der Waals surface area contributed by atoms with Gasteiger partial charge in [0.15, 0.2) is 11.5 Å². The number of methoxy groups -OCH3 is 2. The van der Waals surface area contributed by atoms with Crippen molar-refractivity contribution in [1.82, 2.24) is 0 Å². The molecule has 2 N–H and O–H groups in total. The molecule has 0 saturated carbocycles. The Kier molecular flexibility index (Phi) is 6.20. The summed E-state index contributed by atoms with van der Waals surface area (Å²) >= 11 is 0. The lowest BCUT2D eigenvalue weighted by Gasteiger charge is -2.17. The van der Waals surface area contributed by atoms with Crippen molar-refractivity contribution in [3.63, 3.8) is 0 Å². The van der Waals surface area contributed by atoms with Crippen molar-refractivity contribution < 1.29 is 24.5 Å². The second kappa shape index (κ2) is 8.80. The number of hydrogen-bond acceptors (Lipinski definition) is 4. The fraction of sp³-hybridized carbons (Fsp3) is 0.208. The molecule has 3 aromatic rings. The highest BCUT2D eigenvalue weighted by molar-refractivity contribution is 6.20. The number of ether oxygens (including phenoxy) is 2. The summed E-state index contributed by atoms with van der Waals surface area (Å²) < 4.78 is 10.6. The molecule has 5 heteroatoms. The Hall–Kier alpha value is -3.31. The van der Waals surface area contributed by atoms with Gasteiger partial charge in [-0.1, -0.05) is 48.5 Å². The van der Waals surface area contributed by atoms with E-state index in [2.05, 4.69) is 0 Å². The summed E-state index contributed by atoms with van der Waals surface area (Å²) in [6, 6.07) is 17.1. The summed E-state index contributed by atoms with van der Waals surface area (Å²) in [5.41, 5.74) is 2.54. The van der Waals surface area contributed by atoms with Crippen LogP contribution >= 0.6 is 0 Å². The van der Waals surface area contributed by atoms with Gasteiger partial charge in [0, 0.05) is 18.1 Å². The summed E-state index contributed by atoms with van der Waals surface area (Å²) in [4.78, 5) is 12.0. The van der Waals surface area contributed by atoms with Crippen molar-refractivity contribution >= 4 is 22.3 Å². The first-order valence-electron chi connectivity index (χ1n) is 9.30. The number of carboxylic acids is 1. The van der Waals surface area contributed by atoms with E-state index in [0.717, 1.165) is 11.1 Å². The zero-order valence-electron chi connectivity index (χ0n) is 16.7. The van der Waals surface area contributed by atoms with Crippen LogP contribution in [0.3, 0.4) is 0 Å². The maximum Gasteiger partial charge on any atom is 0.336 e. The number of rotatable bonds is 7. The number of hydrogen-bond donors (Lipinski definition) is 2. The van der Waals surface area contributed by atoms with Gasteiger partial charge >= 0.3 is 5.97 Å². The highest BCUT2D eigenvalue weighted by Crippen LogP contribution is 2.41. The number of fused-ring (bicyclic) bond motifs is 1. The van der Waals surface area contributed by atoms with Gasteiger partial charge in [-0.25, -0.2) is 4.79 Å². The van der Waals surface area contributed by atoms with Crippen LogP contribution in [-0.2, 0) is 16.0 Å².